The second-order valence-electron chi connectivity index (χ2n) is 13.9. The summed E-state index contributed by atoms with van der Waals surface area (Å²) < 4.78 is 37.8. The molecule has 1 aromatic carbocycles. The van der Waals surface area contributed by atoms with Gasteiger partial charge in [-0.3, -0.25) is 14.7 Å². The molecule has 3 aliphatic heterocycles. The van der Waals surface area contributed by atoms with E-state index in [2.05, 4.69) is 38.0 Å². The summed E-state index contributed by atoms with van der Waals surface area (Å²) in [6, 6.07) is 12.1. The fraction of sp³-hybridized carbons (Fsp3) is 0.500. The molecule has 2 atom stereocenters. The molecule has 3 fully saturated rings. The van der Waals surface area contributed by atoms with Gasteiger partial charge in [0.25, 0.3) is 11.8 Å². The maximum Gasteiger partial charge on any atom is 0.271 e. The Bertz CT molecular complexity index is 1860. The third-order valence-corrected chi connectivity index (χ3v) is 11.3. The zero-order chi connectivity index (χ0) is 33.8. The van der Waals surface area contributed by atoms with Crippen molar-refractivity contribution >= 4 is 28.7 Å². The van der Waals surface area contributed by atoms with Crippen LogP contribution in [0.1, 0.15) is 53.7 Å². The van der Waals surface area contributed by atoms with Crippen molar-refractivity contribution in [3.05, 3.63) is 65.6 Å². The minimum Gasteiger partial charge on any atom is -0.385 e. The molecule has 2 saturated heterocycles. The molecule has 0 bridgehead atoms. The molecule has 1 amide bonds. The van der Waals surface area contributed by atoms with Crippen LogP contribution in [0.15, 0.2) is 48.8 Å². The lowest BCUT2D eigenvalue weighted by Gasteiger charge is -2.49. The number of fused-ring (bicyclic) bond motifs is 2. The molecule has 8 rings (SSSR count). The van der Waals surface area contributed by atoms with E-state index in [1.807, 2.05) is 42.4 Å². The standard InChI is InChI=1S/C36H43F2N9O2/c1-39-28-18-32(44-47-30(20-42-33(28)47)34(48)43-27-8-9-31(27)49-2)46-16-10-25-24(4-3-5-29(25)46)26-7-6-23(19-41-26)21-45-17-13-35(36(37,38)22-45)11-14-40-15-12-35/h3-7,18-20,27,31,39-40H,8-17,21-22H2,1-2H3,(H,43,48)/t27-,31-/m1/s1. The first-order valence-electron chi connectivity index (χ1n) is 17.3. The van der Waals surface area contributed by atoms with E-state index in [-0.39, 0.29) is 24.6 Å². The molecule has 1 saturated carbocycles. The monoisotopic (exact) mass is 671 g/mol. The lowest BCUT2D eigenvalue weighted by Crippen LogP contribution is -2.58. The minimum atomic E-state index is -2.69. The molecule has 3 N–H and O–H groups in total. The normalized spacial score (nSPS) is 23.0. The molecule has 11 nitrogen and oxygen atoms in total. The van der Waals surface area contributed by atoms with E-state index < -0.39 is 11.3 Å². The Balaban J connectivity index is 1.01. The van der Waals surface area contributed by atoms with Crippen molar-refractivity contribution in [3.63, 3.8) is 0 Å². The maximum absolute atomic E-state index is 15.4. The Kier molecular flexibility index (Phi) is 8.24. The van der Waals surface area contributed by atoms with Crippen molar-refractivity contribution in [3.8, 4) is 11.3 Å². The minimum absolute atomic E-state index is 0.0233. The van der Waals surface area contributed by atoms with Crippen LogP contribution in [-0.4, -0.2) is 95.3 Å². The summed E-state index contributed by atoms with van der Waals surface area (Å²) in [4.78, 5) is 26.7. The van der Waals surface area contributed by atoms with Crippen LogP contribution >= 0.6 is 0 Å². The van der Waals surface area contributed by atoms with Gasteiger partial charge in [-0.1, -0.05) is 18.2 Å². The summed E-state index contributed by atoms with van der Waals surface area (Å²) in [6.45, 7) is 2.99. The average Bonchev–Trinajstić information content (AvgIpc) is 3.74. The quantitative estimate of drug-likeness (QED) is 0.247. The van der Waals surface area contributed by atoms with E-state index in [4.69, 9.17) is 14.8 Å². The van der Waals surface area contributed by atoms with E-state index >= 15 is 8.78 Å². The number of benzene rings is 1. The fourth-order valence-electron chi connectivity index (χ4n) is 8.17. The molecule has 1 aliphatic carbocycles. The van der Waals surface area contributed by atoms with Crippen molar-refractivity contribution in [1.82, 2.24) is 35.1 Å². The first-order chi connectivity index (χ1) is 23.8. The Morgan fingerprint density at radius 2 is 1.94 bits per heavy atom. The van der Waals surface area contributed by atoms with E-state index in [0.717, 1.165) is 53.0 Å². The van der Waals surface area contributed by atoms with Crippen molar-refractivity contribution < 1.29 is 18.3 Å². The summed E-state index contributed by atoms with van der Waals surface area (Å²) in [5, 5.41) is 14.4. The van der Waals surface area contributed by atoms with E-state index in [0.29, 0.717) is 69.1 Å². The van der Waals surface area contributed by atoms with Gasteiger partial charge >= 0.3 is 0 Å². The number of rotatable bonds is 8. The Labute approximate surface area is 284 Å². The predicted octanol–water partition coefficient (Wildman–Crippen LogP) is 4.65. The highest BCUT2D eigenvalue weighted by atomic mass is 19.3. The number of nitrogens with one attached hydrogen (secondary N) is 3. The third-order valence-electron chi connectivity index (χ3n) is 11.3. The lowest BCUT2D eigenvalue weighted by molar-refractivity contribution is -0.181. The largest absolute Gasteiger partial charge is 0.385 e. The fourth-order valence-corrected chi connectivity index (χ4v) is 8.17. The number of methoxy groups -OCH3 is 1. The molecule has 1 spiro atoms. The number of likely N-dealkylation sites (tertiary alicyclic amines) is 1. The van der Waals surface area contributed by atoms with Crippen LogP contribution in [0.4, 0.5) is 26.0 Å². The number of halogens is 2. The molecular formula is C36H43F2N9O2. The molecule has 4 aliphatic rings. The van der Waals surface area contributed by atoms with Gasteiger partial charge in [-0.15, -0.1) is 5.10 Å². The third kappa shape index (κ3) is 5.61. The molecule has 13 heteroatoms. The smallest absolute Gasteiger partial charge is 0.271 e. The highest BCUT2D eigenvalue weighted by molar-refractivity contribution is 5.94. The van der Waals surface area contributed by atoms with Crippen LogP contribution in [0.25, 0.3) is 16.9 Å². The molecule has 0 radical (unpaired) electrons. The maximum atomic E-state index is 15.4. The van der Waals surface area contributed by atoms with Gasteiger partial charge in [-0.05, 0) is 81.4 Å². The van der Waals surface area contributed by atoms with Crippen molar-refractivity contribution in [2.45, 2.75) is 63.1 Å². The number of nitrogens with zero attached hydrogens (tertiary/aromatic N) is 6. The Hall–Kier alpha value is -4.20. The Morgan fingerprint density at radius 1 is 1.08 bits per heavy atom. The summed E-state index contributed by atoms with van der Waals surface area (Å²) in [5.74, 6) is -2.23. The molecule has 3 aromatic heterocycles. The second-order valence-corrected chi connectivity index (χ2v) is 13.9. The van der Waals surface area contributed by atoms with Crippen molar-refractivity contribution in [1.29, 1.82) is 0 Å². The van der Waals surface area contributed by atoms with Crippen LogP contribution in [0.5, 0.6) is 0 Å². The number of amides is 1. The van der Waals surface area contributed by atoms with Gasteiger partial charge in [0.15, 0.2) is 17.2 Å². The summed E-state index contributed by atoms with van der Waals surface area (Å²) in [6.07, 6.45) is 7.63. The molecule has 49 heavy (non-hydrogen) atoms. The molecule has 0 unspecified atom stereocenters. The van der Waals surface area contributed by atoms with Gasteiger partial charge in [-0.2, -0.15) is 0 Å². The number of aromatic nitrogens is 4. The number of anilines is 3. The van der Waals surface area contributed by atoms with Crippen LogP contribution in [0.3, 0.4) is 0 Å². The zero-order valence-corrected chi connectivity index (χ0v) is 28.0. The zero-order valence-electron chi connectivity index (χ0n) is 28.0. The van der Waals surface area contributed by atoms with Crippen molar-refractivity contribution in [2.24, 2.45) is 5.41 Å². The molecular weight excluding hydrogens is 628 g/mol. The summed E-state index contributed by atoms with van der Waals surface area (Å²) >= 11 is 0. The van der Waals surface area contributed by atoms with E-state index in [1.165, 1.54) is 0 Å². The van der Waals surface area contributed by atoms with Crippen molar-refractivity contribution in [2.75, 3.05) is 57.1 Å². The van der Waals surface area contributed by atoms with Crippen LogP contribution < -0.4 is 20.9 Å². The lowest BCUT2D eigenvalue weighted by atomic mass is 9.69. The highest BCUT2D eigenvalue weighted by Gasteiger charge is 2.56. The predicted molar refractivity (Wildman–Crippen MR) is 184 cm³/mol. The van der Waals surface area contributed by atoms with Gasteiger partial charge in [-0.25, -0.2) is 18.3 Å². The van der Waals surface area contributed by atoms with Gasteiger partial charge in [0, 0.05) is 56.2 Å². The second kappa shape index (κ2) is 12.6. The number of carbonyl (C=O) groups is 1. The first kappa shape index (κ1) is 32.0. The molecule has 258 valence electrons. The summed E-state index contributed by atoms with van der Waals surface area (Å²) in [7, 11) is 3.50. The number of ether oxygens (including phenoxy) is 1. The number of alkyl halides is 2. The number of piperidine rings is 2. The van der Waals surface area contributed by atoms with E-state index in [9.17, 15) is 4.79 Å². The Morgan fingerprint density at radius 3 is 2.65 bits per heavy atom. The average molecular weight is 672 g/mol. The topological polar surface area (TPSA) is 112 Å². The highest BCUT2D eigenvalue weighted by Crippen LogP contribution is 2.50. The molecule has 6 heterocycles. The number of hydrogen-bond acceptors (Lipinski definition) is 9. The summed E-state index contributed by atoms with van der Waals surface area (Å²) in [5.41, 5.74) is 5.85. The number of hydrogen-bond donors (Lipinski definition) is 3. The number of imidazole rings is 1. The van der Waals surface area contributed by atoms with Gasteiger partial charge in [0.05, 0.1) is 36.3 Å². The van der Waals surface area contributed by atoms with Gasteiger partial charge in [0.2, 0.25) is 0 Å². The number of pyridine rings is 1. The number of carbonyl (C=O) groups excluding carboxylic acids is 1. The van der Waals surface area contributed by atoms with Crippen LogP contribution in [0.2, 0.25) is 0 Å². The first-order valence-corrected chi connectivity index (χ1v) is 17.3. The van der Waals surface area contributed by atoms with Gasteiger partial charge < -0.3 is 25.6 Å². The van der Waals surface area contributed by atoms with Gasteiger partial charge in [0.1, 0.15) is 0 Å². The molecule has 4 aromatic rings. The van der Waals surface area contributed by atoms with Crippen LogP contribution in [0, 0.1) is 5.41 Å². The van der Waals surface area contributed by atoms with E-state index in [1.54, 1.807) is 17.8 Å². The van der Waals surface area contributed by atoms with Crippen LogP contribution in [-0.2, 0) is 17.7 Å². The SMILES string of the molecule is CNc1cc(N2CCc3c(-c4ccc(CN5CCC6(CCNCC6)C(F)(F)C5)cn4)cccc32)nn2c(C(=O)N[C@@H]3CC[C@H]3OC)cnc12.